The Morgan fingerprint density at radius 2 is 1.78 bits per heavy atom. The summed E-state index contributed by atoms with van der Waals surface area (Å²) in [6.45, 7) is 2.03. The zero-order valence-electron chi connectivity index (χ0n) is 12.3. The zero-order chi connectivity index (χ0) is 17.2. The summed E-state index contributed by atoms with van der Waals surface area (Å²) in [7, 11) is 1.89. The second kappa shape index (κ2) is 6.76. The van der Waals surface area contributed by atoms with Crippen molar-refractivity contribution >= 4 is 29.1 Å². The Labute approximate surface area is 136 Å². The summed E-state index contributed by atoms with van der Waals surface area (Å²) in [5.74, 6) is -1.79. The lowest BCUT2D eigenvalue weighted by molar-refractivity contribution is -0.144. The Hall–Kier alpha value is -1.80. The molecular weight excluding hydrogens is 335 g/mol. The van der Waals surface area contributed by atoms with Gasteiger partial charge >= 0.3 is 18.0 Å². The second-order valence-corrected chi connectivity index (χ2v) is 5.65. The first-order chi connectivity index (χ1) is 10.7. The van der Waals surface area contributed by atoms with E-state index in [0.29, 0.717) is 32.2 Å². The van der Waals surface area contributed by atoms with Crippen LogP contribution < -0.4 is 5.32 Å². The van der Waals surface area contributed by atoms with Crippen molar-refractivity contribution in [2.45, 2.75) is 6.18 Å². The van der Waals surface area contributed by atoms with Crippen LogP contribution in [-0.2, 0) is 15.8 Å². The number of hydrogen-bond donors (Lipinski definition) is 1. The number of halogens is 4. The van der Waals surface area contributed by atoms with Crippen LogP contribution in [0.3, 0.4) is 0 Å². The van der Waals surface area contributed by atoms with Gasteiger partial charge < -0.3 is 15.1 Å². The lowest BCUT2D eigenvalue weighted by Crippen LogP contribution is -2.50. The largest absolute Gasteiger partial charge is 0.416 e. The molecule has 0 bridgehead atoms. The molecule has 1 heterocycles. The van der Waals surface area contributed by atoms with Crippen molar-refractivity contribution in [2.24, 2.45) is 0 Å². The van der Waals surface area contributed by atoms with Crippen LogP contribution in [0.5, 0.6) is 0 Å². The fourth-order valence-corrected chi connectivity index (χ4v) is 2.29. The van der Waals surface area contributed by atoms with E-state index >= 15 is 0 Å². The maximum Gasteiger partial charge on any atom is 0.416 e. The monoisotopic (exact) mass is 349 g/mol. The predicted molar refractivity (Wildman–Crippen MR) is 79.2 cm³/mol. The molecule has 2 rings (SSSR count). The number of carbonyl (C=O) groups is 2. The summed E-state index contributed by atoms with van der Waals surface area (Å²) in [6, 6.07) is 2.54. The van der Waals surface area contributed by atoms with Crippen LogP contribution in [-0.4, -0.2) is 54.8 Å². The second-order valence-electron chi connectivity index (χ2n) is 5.24. The Balaban J connectivity index is 2.09. The SMILES string of the molecule is CN1CCN(C(=O)C(=O)Nc2cc(C(F)(F)F)ccc2Cl)CC1. The van der Waals surface area contributed by atoms with Crippen LogP contribution in [0.1, 0.15) is 5.56 Å². The summed E-state index contributed by atoms with van der Waals surface area (Å²) in [5, 5.41) is 2.08. The van der Waals surface area contributed by atoms with Crippen molar-refractivity contribution in [1.82, 2.24) is 9.80 Å². The van der Waals surface area contributed by atoms with Crippen LogP contribution in [0.4, 0.5) is 18.9 Å². The van der Waals surface area contributed by atoms with Gasteiger partial charge in [0.25, 0.3) is 0 Å². The molecule has 1 aromatic rings. The molecule has 1 aliphatic rings. The van der Waals surface area contributed by atoms with Crippen LogP contribution in [0, 0.1) is 0 Å². The quantitative estimate of drug-likeness (QED) is 0.790. The lowest BCUT2D eigenvalue weighted by atomic mass is 10.2. The van der Waals surface area contributed by atoms with Gasteiger partial charge in [-0.1, -0.05) is 11.6 Å². The molecule has 0 aliphatic carbocycles. The minimum absolute atomic E-state index is 0.0717. The normalized spacial score (nSPS) is 16.3. The van der Waals surface area contributed by atoms with E-state index in [9.17, 15) is 22.8 Å². The molecule has 1 N–H and O–H groups in total. The molecular formula is C14H15ClF3N3O2. The highest BCUT2D eigenvalue weighted by molar-refractivity contribution is 6.41. The van der Waals surface area contributed by atoms with Gasteiger partial charge in [0.2, 0.25) is 0 Å². The van der Waals surface area contributed by atoms with Gasteiger partial charge in [-0.05, 0) is 25.2 Å². The Morgan fingerprint density at radius 1 is 1.17 bits per heavy atom. The van der Waals surface area contributed by atoms with Crippen LogP contribution >= 0.6 is 11.6 Å². The maximum absolute atomic E-state index is 12.7. The molecule has 1 aromatic carbocycles. The summed E-state index contributed by atoms with van der Waals surface area (Å²) in [6.07, 6.45) is -4.56. The molecule has 2 amide bonds. The van der Waals surface area contributed by atoms with Crippen molar-refractivity contribution < 1.29 is 22.8 Å². The van der Waals surface area contributed by atoms with Gasteiger partial charge in [0.05, 0.1) is 16.3 Å². The van der Waals surface area contributed by atoms with Gasteiger partial charge in [0, 0.05) is 26.2 Å². The number of likely N-dealkylation sites (N-methyl/N-ethyl adjacent to an activating group) is 1. The van der Waals surface area contributed by atoms with E-state index in [2.05, 4.69) is 5.32 Å². The van der Waals surface area contributed by atoms with Crippen LogP contribution in [0.15, 0.2) is 18.2 Å². The number of hydrogen-bond acceptors (Lipinski definition) is 3. The third-order valence-corrected chi connectivity index (χ3v) is 3.86. The maximum atomic E-state index is 12.7. The molecule has 1 saturated heterocycles. The van der Waals surface area contributed by atoms with Crippen molar-refractivity contribution in [2.75, 3.05) is 38.5 Å². The van der Waals surface area contributed by atoms with E-state index in [0.717, 1.165) is 12.1 Å². The molecule has 0 spiro atoms. The first kappa shape index (κ1) is 17.6. The van der Waals surface area contributed by atoms with E-state index < -0.39 is 23.6 Å². The zero-order valence-corrected chi connectivity index (χ0v) is 13.0. The van der Waals surface area contributed by atoms with E-state index in [1.165, 1.54) is 4.90 Å². The standard InChI is InChI=1S/C14H15ClF3N3O2/c1-20-4-6-21(7-5-20)13(23)12(22)19-11-8-9(14(16,17)18)2-3-10(11)15/h2-3,8H,4-7H2,1H3,(H,19,22). The van der Waals surface area contributed by atoms with Gasteiger partial charge in [-0.15, -0.1) is 0 Å². The van der Waals surface area contributed by atoms with Gasteiger partial charge in [0.1, 0.15) is 0 Å². The summed E-state index contributed by atoms with van der Waals surface area (Å²) in [5.41, 5.74) is -1.20. The molecule has 23 heavy (non-hydrogen) atoms. The minimum Gasteiger partial charge on any atom is -0.332 e. The molecule has 1 fully saturated rings. The Kier molecular flexibility index (Phi) is 5.16. The van der Waals surface area contributed by atoms with E-state index in [1.54, 1.807) is 0 Å². The Bertz CT molecular complexity index is 614. The van der Waals surface area contributed by atoms with E-state index in [-0.39, 0.29) is 10.7 Å². The molecule has 5 nitrogen and oxygen atoms in total. The van der Waals surface area contributed by atoms with E-state index in [4.69, 9.17) is 11.6 Å². The molecule has 0 atom stereocenters. The van der Waals surface area contributed by atoms with Crippen molar-refractivity contribution in [3.8, 4) is 0 Å². The lowest BCUT2D eigenvalue weighted by Gasteiger charge is -2.31. The molecule has 9 heteroatoms. The summed E-state index contributed by atoms with van der Waals surface area (Å²) >= 11 is 5.79. The number of amides is 2. The average Bonchev–Trinajstić information content (AvgIpc) is 2.48. The molecule has 0 aromatic heterocycles. The van der Waals surface area contributed by atoms with Gasteiger partial charge in [0.15, 0.2) is 0 Å². The first-order valence-corrected chi connectivity index (χ1v) is 7.22. The third kappa shape index (κ3) is 4.35. The van der Waals surface area contributed by atoms with Crippen molar-refractivity contribution in [3.63, 3.8) is 0 Å². The van der Waals surface area contributed by atoms with Crippen LogP contribution in [0.2, 0.25) is 5.02 Å². The number of benzene rings is 1. The fourth-order valence-electron chi connectivity index (χ4n) is 2.13. The number of piperazine rings is 1. The van der Waals surface area contributed by atoms with Crippen molar-refractivity contribution in [1.29, 1.82) is 0 Å². The summed E-state index contributed by atoms with van der Waals surface area (Å²) in [4.78, 5) is 27.3. The minimum atomic E-state index is -4.56. The van der Waals surface area contributed by atoms with E-state index in [1.807, 2.05) is 11.9 Å². The number of nitrogens with zero attached hydrogens (tertiary/aromatic N) is 2. The molecule has 0 radical (unpaired) electrons. The van der Waals surface area contributed by atoms with Crippen LogP contribution in [0.25, 0.3) is 0 Å². The highest BCUT2D eigenvalue weighted by Gasteiger charge is 2.32. The highest BCUT2D eigenvalue weighted by atomic mass is 35.5. The number of nitrogens with one attached hydrogen (secondary N) is 1. The third-order valence-electron chi connectivity index (χ3n) is 3.53. The molecule has 0 unspecified atom stereocenters. The topological polar surface area (TPSA) is 52.7 Å². The first-order valence-electron chi connectivity index (χ1n) is 6.84. The fraction of sp³-hybridized carbons (Fsp3) is 0.429. The average molecular weight is 350 g/mol. The molecule has 0 saturated carbocycles. The molecule has 1 aliphatic heterocycles. The van der Waals surface area contributed by atoms with Gasteiger partial charge in [-0.25, -0.2) is 0 Å². The summed E-state index contributed by atoms with van der Waals surface area (Å²) < 4.78 is 38.1. The number of anilines is 1. The Morgan fingerprint density at radius 3 is 2.35 bits per heavy atom. The number of carbonyl (C=O) groups excluding carboxylic acids is 2. The predicted octanol–water partition coefficient (Wildman–Crippen LogP) is 2.07. The number of alkyl halides is 3. The van der Waals surface area contributed by atoms with Gasteiger partial charge in [-0.2, -0.15) is 13.2 Å². The number of rotatable bonds is 1. The van der Waals surface area contributed by atoms with Gasteiger partial charge in [-0.3, -0.25) is 9.59 Å². The smallest absolute Gasteiger partial charge is 0.332 e. The highest BCUT2D eigenvalue weighted by Crippen LogP contribution is 2.33. The molecule has 126 valence electrons. The van der Waals surface area contributed by atoms with Crippen molar-refractivity contribution in [3.05, 3.63) is 28.8 Å².